The number of aliphatic hydroxyl groups is 1. The molecule has 0 spiro atoms. The van der Waals surface area contributed by atoms with E-state index in [1.165, 1.54) is 6.07 Å². The van der Waals surface area contributed by atoms with Crippen LogP contribution in [0.3, 0.4) is 0 Å². The van der Waals surface area contributed by atoms with Crippen LogP contribution in [0.15, 0.2) is 47.4 Å². The molecule has 118 valence electrons. The lowest BCUT2D eigenvalue weighted by atomic mass is 10.1. The molecule has 2 aromatic carbocycles. The zero-order valence-electron chi connectivity index (χ0n) is 11.9. The van der Waals surface area contributed by atoms with E-state index in [1.54, 1.807) is 18.2 Å². The highest BCUT2D eigenvalue weighted by Gasteiger charge is 2.35. The maximum atomic E-state index is 13.6. The van der Waals surface area contributed by atoms with Crippen LogP contribution in [0.2, 0.25) is 0 Å². The molecule has 2 unspecified atom stereocenters. The molecule has 7 heteroatoms. The van der Waals surface area contributed by atoms with Crippen molar-refractivity contribution in [3.05, 3.63) is 65.0 Å². The topological polar surface area (TPSA) is 90.2 Å². The van der Waals surface area contributed by atoms with Crippen LogP contribution >= 0.6 is 0 Å². The molecule has 0 fully saturated rings. The van der Waals surface area contributed by atoms with Gasteiger partial charge in [0.2, 0.25) is 10.0 Å². The number of rotatable bonds is 3. The van der Waals surface area contributed by atoms with Crippen LogP contribution < -0.4 is 4.72 Å². The number of halogens is 1. The first-order valence-electron chi connectivity index (χ1n) is 6.91. The number of nitriles is 1. The Morgan fingerprint density at radius 1 is 1.22 bits per heavy atom. The molecule has 2 aromatic rings. The summed E-state index contributed by atoms with van der Waals surface area (Å²) >= 11 is 0. The number of benzene rings is 2. The van der Waals surface area contributed by atoms with Crippen LogP contribution in [0.1, 0.15) is 22.7 Å². The van der Waals surface area contributed by atoms with Gasteiger partial charge >= 0.3 is 0 Å². The number of nitrogens with zero attached hydrogens (tertiary/aromatic N) is 1. The normalized spacial score (nSPS) is 20.0. The molecule has 2 N–H and O–H groups in total. The van der Waals surface area contributed by atoms with Crippen molar-refractivity contribution in [3.63, 3.8) is 0 Å². The van der Waals surface area contributed by atoms with Gasteiger partial charge in [-0.2, -0.15) is 5.26 Å². The van der Waals surface area contributed by atoms with Gasteiger partial charge in [0, 0.05) is 6.42 Å². The van der Waals surface area contributed by atoms with Crippen LogP contribution in [-0.4, -0.2) is 19.6 Å². The minimum Gasteiger partial charge on any atom is -0.391 e. The second kappa shape index (κ2) is 5.74. The van der Waals surface area contributed by atoms with E-state index in [1.807, 2.05) is 12.1 Å². The van der Waals surface area contributed by atoms with Gasteiger partial charge in [0.05, 0.1) is 12.1 Å². The molecule has 0 bridgehead atoms. The van der Waals surface area contributed by atoms with E-state index in [0.29, 0.717) is 12.0 Å². The Morgan fingerprint density at radius 2 is 1.96 bits per heavy atom. The van der Waals surface area contributed by atoms with Gasteiger partial charge in [-0.25, -0.2) is 17.5 Å². The summed E-state index contributed by atoms with van der Waals surface area (Å²) in [5.41, 5.74) is 0.992. The summed E-state index contributed by atoms with van der Waals surface area (Å²) < 4.78 is 41.1. The Morgan fingerprint density at radius 3 is 2.70 bits per heavy atom. The molecule has 0 heterocycles. The summed E-state index contributed by atoms with van der Waals surface area (Å²) in [5.74, 6) is -0.900. The number of sulfonamides is 1. The monoisotopic (exact) mass is 332 g/mol. The highest BCUT2D eigenvalue weighted by Crippen LogP contribution is 2.33. The molecule has 3 rings (SSSR count). The minimum atomic E-state index is -4.16. The van der Waals surface area contributed by atoms with Gasteiger partial charge < -0.3 is 5.11 Å². The van der Waals surface area contributed by atoms with Gasteiger partial charge in [-0.05, 0) is 23.3 Å². The second-order valence-corrected chi connectivity index (χ2v) is 6.98. The van der Waals surface area contributed by atoms with Crippen molar-refractivity contribution in [2.75, 3.05) is 0 Å². The molecule has 0 aromatic heterocycles. The number of hydrogen-bond donors (Lipinski definition) is 2. The zero-order valence-corrected chi connectivity index (χ0v) is 12.7. The largest absolute Gasteiger partial charge is 0.391 e. The summed E-state index contributed by atoms with van der Waals surface area (Å²) in [4.78, 5) is -0.434. The van der Waals surface area contributed by atoms with Gasteiger partial charge in [0.25, 0.3) is 0 Å². The number of hydrogen-bond acceptors (Lipinski definition) is 4. The summed E-state index contributed by atoms with van der Waals surface area (Å²) in [5, 5.41) is 19.1. The Bertz CT molecular complexity index is 906. The molecule has 0 saturated carbocycles. The van der Waals surface area contributed by atoms with E-state index in [2.05, 4.69) is 4.72 Å². The van der Waals surface area contributed by atoms with E-state index in [-0.39, 0.29) is 0 Å². The van der Waals surface area contributed by atoms with E-state index in [9.17, 15) is 17.9 Å². The minimum absolute atomic E-state index is 0.331. The van der Waals surface area contributed by atoms with E-state index in [0.717, 1.165) is 17.7 Å². The molecule has 0 amide bonds. The van der Waals surface area contributed by atoms with E-state index < -0.39 is 38.4 Å². The van der Waals surface area contributed by atoms with E-state index in [4.69, 9.17) is 5.26 Å². The fourth-order valence-corrected chi connectivity index (χ4v) is 4.20. The first-order valence-corrected chi connectivity index (χ1v) is 8.39. The molecule has 1 aliphatic rings. The third-order valence-corrected chi connectivity index (χ3v) is 5.35. The van der Waals surface area contributed by atoms with Gasteiger partial charge in [-0.15, -0.1) is 0 Å². The quantitative estimate of drug-likeness (QED) is 0.894. The maximum Gasteiger partial charge on any atom is 0.242 e. The number of nitrogens with one attached hydrogen (secondary N) is 1. The van der Waals surface area contributed by atoms with Crippen molar-refractivity contribution >= 4 is 10.0 Å². The number of aliphatic hydroxyl groups excluding tert-OH is 1. The predicted octanol–water partition coefficient (Wildman–Crippen LogP) is 1.63. The van der Waals surface area contributed by atoms with Gasteiger partial charge in [0.1, 0.15) is 22.3 Å². The zero-order chi connectivity index (χ0) is 16.6. The molecule has 2 atom stereocenters. The Kier molecular flexibility index (Phi) is 3.90. The van der Waals surface area contributed by atoms with Crippen LogP contribution in [0, 0.1) is 17.1 Å². The van der Waals surface area contributed by atoms with Crippen LogP contribution in [0.25, 0.3) is 0 Å². The van der Waals surface area contributed by atoms with Crippen molar-refractivity contribution in [3.8, 4) is 6.07 Å². The summed E-state index contributed by atoms with van der Waals surface area (Å²) in [6.07, 6.45) is -0.585. The second-order valence-electron chi connectivity index (χ2n) is 5.29. The number of fused-ring (bicyclic) bond motifs is 1. The highest BCUT2D eigenvalue weighted by molar-refractivity contribution is 7.89. The van der Waals surface area contributed by atoms with Crippen LogP contribution in [0.4, 0.5) is 4.39 Å². The molecular weight excluding hydrogens is 319 g/mol. The van der Waals surface area contributed by atoms with Gasteiger partial charge in [-0.1, -0.05) is 30.3 Å². The summed E-state index contributed by atoms with van der Waals surface area (Å²) in [6, 6.07) is 11.3. The van der Waals surface area contributed by atoms with E-state index >= 15 is 0 Å². The standard InChI is InChI=1S/C16H13FN2O3S/c17-13-6-3-7-15(12(13)9-18)23(21,22)19-16-11-5-2-1-4-10(11)8-14(16)20/h1-7,14,16,19-20H,8H2. The third-order valence-electron chi connectivity index (χ3n) is 3.86. The molecule has 0 saturated heterocycles. The van der Waals surface area contributed by atoms with Crippen LogP contribution in [0.5, 0.6) is 0 Å². The van der Waals surface area contributed by atoms with Crippen molar-refractivity contribution in [1.29, 1.82) is 5.26 Å². The van der Waals surface area contributed by atoms with Crippen LogP contribution in [-0.2, 0) is 16.4 Å². The molecule has 0 radical (unpaired) electrons. The maximum absolute atomic E-state index is 13.6. The SMILES string of the molecule is N#Cc1c(F)cccc1S(=O)(=O)NC1c2ccccc2CC1O. The molecule has 0 aliphatic heterocycles. The lowest BCUT2D eigenvalue weighted by molar-refractivity contribution is 0.151. The summed E-state index contributed by atoms with van der Waals surface area (Å²) in [6.45, 7) is 0. The third kappa shape index (κ3) is 2.72. The fourth-order valence-electron chi connectivity index (χ4n) is 2.78. The van der Waals surface area contributed by atoms with Crippen molar-refractivity contribution < 1.29 is 17.9 Å². The van der Waals surface area contributed by atoms with Crippen molar-refractivity contribution in [2.45, 2.75) is 23.5 Å². The lowest BCUT2D eigenvalue weighted by Crippen LogP contribution is -2.34. The van der Waals surface area contributed by atoms with Gasteiger partial charge in [0.15, 0.2) is 0 Å². The Hall–Kier alpha value is -2.27. The molecule has 1 aliphatic carbocycles. The summed E-state index contributed by atoms with van der Waals surface area (Å²) in [7, 11) is -4.16. The van der Waals surface area contributed by atoms with Crippen molar-refractivity contribution in [1.82, 2.24) is 4.72 Å². The Labute approximate surface area is 133 Å². The highest BCUT2D eigenvalue weighted by atomic mass is 32.2. The molecular formula is C16H13FN2O3S. The van der Waals surface area contributed by atoms with Gasteiger partial charge in [-0.3, -0.25) is 0 Å². The smallest absolute Gasteiger partial charge is 0.242 e. The average molecular weight is 332 g/mol. The van der Waals surface area contributed by atoms with Crippen molar-refractivity contribution in [2.24, 2.45) is 0 Å². The predicted molar refractivity (Wildman–Crippen MR) is 80.3 cm³/mol. The molecule has 23 heavy (non-hydrogen) atoms. The fraction of sp³-hybridized carbons (Fsp3) is 0.188. The lowest BCUT2D eigenvalue weighted by Gasteiger charge is -2.18. The Balaban J connectivity index is 2.01. The first-order chi connectivity index (χ1) is 10.9. The average Bonchev–Trinajstić information content (AvgIpc) is 2.83. The molecule has 5 nitrogen and oxygen atoms in total. The first kappa shape index (κ1) is 15.6.